The van der Waals surface area contributed by atoms with E-state index in [2.05, 4.69) is 77.5 Å². The highest BCUT2D eigenvalue weighted by Gasteiger charge is 2.12. The lowest BCUT2D eigenvalue weighted by molar-refractivity contribution is -0.917. The number of nitrogens with zero attached hydrogens (tertiary/aromatic N) is 3. The molecule has 2 heterocycles. The SMILES string of the molecule is Cc1ccc(-c2nc(=S)n(C[NH+](C)Cc3ccc(N4CCOCC4)cc3)[nH]2)cc1. The van der Waals surface area contributed by atoms with Gasteiger partial charge in [0, 0.05) is 29.9 Å². The van der Waals surface area contributed by atoms with Crippen molar-refractivity contribution in [3.05, 3.63) is 64.4 Å². The number of benzene rings is 2. The van der Waals surface area contributed by atoms with E-state index in [1.54, 1.807) is 0 Å². The third kappa shape index (κ3) is 4.93. The first-order valence-corrected chi connectivity index (χ1v) is 10.5. The quantitative estimate of drug-likeness (QED) is 0.613. The molecule has 0 bridgehead atoms. The first kappa shape index (κ1) is 19.8. The first-order valence-electron chi connectivity index (χ1n) is 10.1. The number of morpholine rings is 1. The molecule has 0 amide bonds. The van der Waals surface area contributed by atoms with Crippen LogP contribution in [0.25, 0.3) is 11.4 Å². The molecular formula is C22H28N5OS+. The van der Waals surface area contributed by atoms with Crippen molar-refractivity contribution in [1.29, 1.82) is 0 Å². The van der Waals surface area contributed by atoms with Crippen LogP contribution in [0.2, 0.25) is 0 Å². The number of anilines is 1. The van der Waals surface area contributed by atoms with E-state index in [0.29, 0.717) is 4.77 Å². The maximum Gasteiger partial charge on any atom is 0.221 e. The van der Waals surface area contributed by atoms with Gasteiger partial charge < -0.3 is 14.5 Å². The number of hydrogen-bond acceptors (Lipinski definition) is 4. The Kier molecular flexibility index (Phi) is 6.08. The first-order chi connectivity index (χ1) is 14.1. The predicted molar refractivity (Wildman–Crippen MR) is 118 cm³/mol. The summed E-state index contributed by atoms with van der Waals surface area (Å²) >= 11 is 5.46. The molecule has 1 aromatic heterocycles. The molecule has 6 nitrogen and oxygen atoms in total. The molecule has 1 saturated heterocycles. The van der Waals surface area contributed by atoms with Crippen molar-refractivity contribution in [2.45, 2.75) is 20.1 Å². The molecule has 7 heteroatoms. The Labute approximate surface area is 176 Å². The number of aryl methyl sites for hydroxylation is 1. The minimum Gasteiger partial charge on any atom is -0.378 e. The number of H-pyrrole nitrogens is 1. The molecule has 2 N–H and O–H groups in total. The van der Waals surface area contributed by atoms with Gasteiger partial charge in [-0.05, 0) is 31.3 Å². The van der Waals surface area contributed by atoms with Gasteiger partial charge in [0.1, 0.15) is 6.54 Å². The zero-order valence-electron chi connectivity index (χ0n) is 17.0. The molecule has 4 rings (SSSR count). The lowest BCUT2D eigenvalue weighted by atomic mass is 10.1. The van der Waals surface area contributed by atoms with Gasteiger partial charge in [-0.1, -0.05) is 42.0 Å². The fraction of sp³-hybridized carbons (Fsp3) is 0.364. The van der Waals surface area contributed by atoms with Crippen LogP contribution in [0.5, 0.6) is 0 Å². The molecule has 2 aromatic carbocycles. The second-order valence-electron chi connectivity index (χ2n) is 7.71. The largest absolute Gasteiger partial charge is 0.378 e. The Hall–Kier alpha value is -2.48. The average Bonchev–Trinajstić information content (AvgIpc) is 3.10. The standard InChI is InChI=1S/C22H27N5OS/c1-17-3-7-19(8-4-17)21-23-22(29)27(24-21)16-25(2)15-18-5-9-20(10-6-18)26-11-13-28-14-12-26/h3-10H,11-16H2,1-2H3,(H,23,24,29)/p+1. The van der Waals surface area contributed by atoms with Gasteiger partial charge in [-0.25, -0.2) is 4.68 Å². The van der Waals surface area contributed by atoms with Crippen molar-refractivity contribution in [3.63, 3.8) is 0 Å². The van der Waals surface area contributed by atoms with E-state index in [1.807, 2.05) is 4.68 Å². The molecule has 1 aliphatic heterocycles. The van der Waals surface area contributed by atoms with Crippen LogP contribution >= 0.6 is 12.2 Å². The Morgan fingerprint density at radius 1 is 1.07 bits per heavy atom. The van der Waals surface area contributed by atoms with Gasteiger partial charge in [-0.3, -0.25) is 5.10 Å². The molecule has 0 radical (unpaired) electrons. The van der Waals surface area contributed by atoms with Crippen LogP contribution < -0.4 is 9.80 Å². The molecule has 1 atom stereocenters. The van der Waals surface area contributed by atoms with Gasteiger partial charge in [-0.15, -0.1) is 0 Å². The summed E-state index contributed by atoms with van der Waals surface area (Å²) in [6, 6.07) is 17.2. The number of aromatic nitrogens is 3. The summed E-state index contributed by atoms with van der Waals surface area (Å²) in [5.74, 6) is 0.817. The molecule has 1 fully saturated rings. The maximum absolute atomic E-state index is 5.46. The molecule has 0 spiro atoms. The van der Waals surface area contributed by atoms with Crippen LogP contribution in [-0.2, 0) is 18.0 Å². The van der Waals surface area contributed by atoms with Gasteiger partial charge in [0.2, 0.25) is 4.77 Å². The Balaban J connectivity index is 1.39. The van der Waals surface area contributed by atoms with Crippen molar-refractivity contribution < 1.29 is 9.64 Å². The zero-order valence-corrected chi connectivity index (χ0v) is 17.8. The predicted octanol–water partition coefficient (Wildman–Crippen LogP) is 2.43. The van der Waals surface area contributed by atoms with E-state index >= 15 is 0 Å². The Morgan fingerprint density at radius 3 is 2.45 bits per heavy atom. The number of rotatable bonds is 6. The number of hydrogen-bond donors (Lipinski definition) is 2. The minimum absolute atomic E-state index is 0.586. The monoisotopic (exact) mass is 410 g/mol. The maximum atomic E-state index is 5.46. The number of nitrogens with one attached hydrogen (secondary N) is 2. The van der Waals surface area contributed by atoms with Gasteiger partial charge in [0.15, 0.2) is 12.5 Å². The van der Waals surface area contributed by atoms with Crippen molar-refractivity contribution in [2.24, 2.45) is 0 Å². The van der Waals surface area contributed by atoms with E-state index in [0.717, 1.165) is 50.9 Å². The van der Waals surface area contributed by atoms with Gasteiger partial charge in [-0.2, -0.15) is 4.98 Å². The molecular weight excluding hydrogens is 382 g/mol. The smallest absolute Gasteiger partial charge is 0.221 e. The van der Waals surface area contributed by atoms with E-state index in [1.165, 1.54) is 21.7 Å². The number of aromatic amines is 1. The Bertz CT molecular complexity index is 987. The highest BCUT2D eigenvalue weighted by Crippen LogP contribution is 2.17. The molecule has 1 unspecified atom stereocenters. The van der Waals surface area contributed by atoms with Crippen LogP contribution in [0.15, 0.2) is 48.5 Å². The molecule has 152 valence electrons. The summed E-state index contributed by atoms with van der Waals surface area (Å²) in [7, 11) is 2.17. The molecule has 0 saturated carbocycles. The number of ether oxygens (including phenoxy) is 1. The third-order valence-corrected chi connectivity index (χ3v) is 5.56. The molecule has 0 aliphatic carbocycles. The zero-order chi connectivity index (χ0) is 20.2. The molecule has 29 heavy (non-hydrogen) atoms. The summed E-state index contributed by atoms with van der Waals surface area (Å²) in [5.41, 5.74) is 4.87. The van der Waals surface area contributed by atoms with Crippen molar-refractivity contribution >= 4 is 17.9 Å². The lowest BCUT2D eigenvalue weighted by Crippen LogP contribution is -3.07. The third-order valence-electron chi connectivity index (χ3n) is 5.25. The minimum atomic E-state index is 0.586. The van der Waals surface area contributed by atoms with Gasteiger partial charge in [0.25, 0.3) is 0 Å². The average molecular weight is 411 g/mol. The van der Waals surface area contributed by atoms with E-state index in [-0.39, 0.29) is 0 Å². The van der Waals surface area contributed by atoms with Crippen molar-refractivity contribution in [2.75, 3.05) is 38.3 Å². The van der Waals surface area contributed by atoms with E-state index in [9.17, 15) is 0 Å². The number of quaternary nitrogens is 1. The van der Waals surface area contributed by atoms with Crippen LogP contribution in [0.3, 0.4) is 0 Å². The highest BCUT2D eigenvalue weighted by molar-refractivity contribution is 7.71. The summed E-state index contributed by atoms with van der Waals surface area (Å²) in [6.07, 6.45) is 0. The fourth-order valence-electron chi connectivity index (χ4n) is 3.62. The van der Waals surface area contributed by atoms with Crippen LogP contribution in [-0.4, -0.2) is 48.1 Å². The second kappa shape index (κ2) is 8.90. The second-order valence-corrected chi connectivity index (χ2v) is 8.07. The van der Waals surface area contributed by atoms with Gasteiger partial charge in [0.05, 0.1) is 20.3 Å². The van der Waals surface area contributed by atoms with Crippen molar-refractivity contribution in [3.8, 4) is 11.4 Å². The summed E-state index contributed by atoms with van der Waals surface area (Å²) < 4.78 is 7.97. The molecule has 1 aliphatic rings. The summed E-state index contributed by atoms with van der Waals surface area (Å²) in [5, 5.41) is 3.35. The summed E-state index contributed by atoms with van der Waals surface area (Å²) in [4.78, 5) is 8.24. The van der Waals surface area contributed by atoms with Crippen LogP contribution in [0, 0.1) is 11.7 Å². The highest BCUT2D eigenvalue weighted by atomic mass is 32.1. The van der Waals surface area contributed by atoms with E-state index < -0.39 is 0 Å². The van der Waals surface area contributed by atoms with Gasteiger partial charge >= 0.3 is 0 Å². The Morgan fingerprint density at radius 2 is 1.76 bits per heavy atom. The fourth-order valence-corrected chi connectivity index (χ4v) is 3.83. The molecule has 3 aromatic rings. The lowest BCUT2D eigenvalue weighted by Gasteiger charge is -2.29. The topological polar surface area (TPSA) is 50.5 Å². The summed E-state index contributed by atoms with van der Waals surface area (Å²) in [6.45, 7) is 7.29. The van der Waals surface area contributed by atoms with Crippen LogP contribution in [0.4, 0.5) is 5.69 Å². The normalized spacial score (nSPS) is 15.4. The van der Waals surface area contributed by atoms with Crippen molar-refractivity contribution in [1.82, 2.24) is 14.8 Å². The van der Waals surface area contributed by atoms with E-state index in [4.69, 9.17) is 17.0 Å². The van der Waals surface area contributed by atoms with Crippen LogP contribution in [0.1, 0.15) is 11.1 Å².